The van der Waals surface area contributed by atoms with Crippen molar-refractivity contribution in [3.63, 3.8) is 0 Å². The lowest BCUT2D eigenvalue weighted by molar-refractivity contribution is 0.0944. The number of benzene rings is 1. The second-order valence-electron chi connectivity index (χ2n) is 5.04. The highest BCUT2D eigenvalue weighted by Gasteiger charge is 2.17. The van der Waals surface area contributed by atoms with Crippen LogP contribution in [0, 0.1) is 6.92 Å². The van der Waals surface area contributed by atoms with Crippen molar-refractivity contribution in [1.29, 1.82) is 0 Å². The minimum absolute atomic E-state index is 0.357. The first-order valence-corrected chi connectivity index (χ1v) is 7.52. The highest BCUT2D eigenvalue weighted by molar-refractivity contribution is 9.10. The van der Waals surface area contributed by atoms with Gasteiger partial charge in [-0.15, -0.1) is 0 Å². The summed E-state index contributed by atoms with van der Waals surface area (Å²) in [6.45, 7) is 2.96. The lowest BCUT2D eigenvalue weighted by Crippen LogP contribution is -2.06. The second kappa shape index (κ2) is 6.69. The summed E-state index contributed by atoms with van der Waals surface area (Å²) in [6, 6.07) is 6.00. The van der Waals surface area contributed by atoms with Crippen LogP contribution < -0.4 is 0 Å². The number of halogens is 1. The van der Waals surface area contributed by atoms with Crippen LogP contribution >= 0.6 is 15.9 Å². The van der Waals surface area contributed by atoms with E-state index in [0.717, 1.165) is 41.5 Å². The molecule has 1 aliphatic heterocycles. The Morgan fingerprint density at radius 2 is 2.33 bits per heavy atom. The van der Waals surface area contributed by atoms with Gasteiger partial charge in [0.05, 0.1) is 12.2 Å². The molecule has 0 bridgehead atoms. The van der Waals surface area contributed by atoms with Crippen LogP contribution in [0.4, 0.5) is 0 Å². The average Bonchev–Trinajstić information content (AvgIpc) is 2.85. The van der Waals surface area contributed by atoms with Crippen LogP contribution in [0.3, 0.4) is 0 Å². The summed E-state index contributed by atoms with van der Waals surface area (Å²) in [5.74, 6) is 0. The Balaban J connectivity index is 1.83. The molecular weight excluding hydrogens is 292 g/mol. The van der Waals surface area contributed by atoms with Crippen LogP contribution in [0.1, 0.15) is 49.3 Å². The lowest BCUT2D eigenvalue weighted by atomic mass is 9.98. The van der Waals surface area contributed by atoms with Crippen LogP contribution in [-0.4, -0.2) is 17.8 Å². The summed E-state index contributed by atoms with van der Waals surface area (Å²) >= 11 is 3.51. The molecule has 2 nitrogen and oxygen atoms in total. The van der Waals surface area contributed by atoms with E-state index in [9.17, 15) is 5.11 Å². The van der Waals surface area contributed by atoms with Gasteiger partial charge in [-0.3, -0.25) is 0 Å². The van der Waals surface area contributed by atoms with Gasteiger partial charge in [-0.1, -0.05) is 28.1 Å². The van der Waals surface area contributed by atoms with E-state index in [1.807, 2.05) is 25.1 Å². The Labute approximate surface area is 117 Å². The standard InChI is InChI=1S/C15H21BrO2/c1-11-13(7-3-8-14(11)16)15(17)9-2-5-12-6-4-10-18-12/h3,7-8,12,15,17H,2,4-6,9-10H2,1H3. The molecule has 0 saturated carbocycles. The molecule has 0 spiro atoms. The summed E-state index contributed by atoms with van der Waals surface area (Å²) in [6.07, 6.45) is 5.37. The normalized spacial score (nSPS) is 21.2. The van der Waals surface area contributed by atoms with Crippen molar-refractivity contribution in [1.82, 2.24) is 0 Å². The minimum atomic E-state index is -0.357. The third kappa shape index (κ3) is 3.56. The molecule has 2 rings (SSSR count). The van der Waals surface area contributed by atoms with Gasteiger partial charge in [-0.2, -0.15) is 0 Å². The largest absolute Gasteiger partial charge is 0.388 e. The van der Waals surface area contributed by atoms with Gasteiger partial charge in [0.15, 0.2) is 0 Å². The van der Waals surface area contributed by atoms with Gasteiger partial charge in [0.2, 0.25) is 0 Å². The molecule has 1 aromatic rings. The van der Waals surface area contributed by atoms with Crippen LogP contribution in [0.2, 0.25) is 0 Å². The average molecular weight is 313 g/mol. The molecule has 2 atom stereocenters. The van der Waals surface area contributed by atoms with Crippen molar-refractivity contribution in [2.45, 2.75) is 51.2 Å². The van der Waals surface area contributed by atoms with Crippen molar-refractivity contribution in [3.8, 4) is 0 Å². The van der Waals surface area contributed by atoms with Crippen molar-refractivity contribution in [3.05, 3.63) is 33.8 Å². The number of hydrogen-bond donors (Lipinski definition) is 1. The first-order valence-electron chi connectivity index (χ1n) is 6.73. The summed E-state index contributed by atoms with van der Waals surface area (Å²) in [5, 5.41) is 10.2. The van der Waals surface area contributed by atoms with E-state index in [4.69, 9.17) is 4.74 Å². The molecule has 100 valence electrons. The number of rotatable bonds is 5. The fourth-order valence-electron chi connectivity index (χ4n) is 2.55. The van der Waals surface area contributed by atoms with Crippen molar-refractivity contribution < 1.29 is 9.84 Å². The zero-order valence-electron chi connectivity index (χ0n) is 10.9. The molecule has 0 aliphatic carbocycles. The monoisotopic (exact) mass is 312 g/mol. The van der Waals surface area contributed by atoms with Crippen LogP contribution in [0.25, 0.3) is 0 Å². The maximum absolute atomic E-state index is 10.2. The van der Waals surface area contributed by atoms with E-state index >= 15 is 0 Å². The topological polar surface area (TPSA) is 29.5 Å². The molecule has 1 aromatic carbocycles. The molecule has 2 unspecified atom stereocenters. The summed E-state index contributed by atoms with van der Waals surface area (Å²) < 4.78 is 6.66. The number of aliphatic hydroxyl groups is 1. The third-order valence-corrected chi connectivity index (χ3v) is 4.56. The second-order valence-corrected chi connectivity index (χ2v) is 5.89. The van der Waals surface area contributed by atoms with E-state index in [2.05, 4.69) is 15.9 Å². The maximum atomic E-state index is 10.2. The molecule has 1 aliphatic rings. The Morgan fingerprint density at radius 1 is 1.50 bits per heavy atom. The number of aliphatic hydroxyl groups excluding tert-OH is 1. The first-order chi connectivity index (χ1) is 8.68. The van der Waals surface area contributed by atoms with Crippen molar-refractivity contribution >= 4 is 15.9 Å². The molecule has 1 N–H and O–H groups in total. The molecular formula is C15H21BrO2. The van der Waals surface area contributed by atoms with Crippen LogP contribution in [0.15, 0.2) is 22.7 Å². The maximum Gasteiger partial charge on any atom is 0.0793 e. The van der Waals surface area contributed by atoms with Gasteiger partial charge in [0, 0.05) is 11.1 Å². The molecule has 0 radical (unpaired) electrons. The van der Waals surface area contributed by atoms with E-state index in [1.54, 1.807) is 0 Å². The van der Waals surface area contributed by atoms with Crippen molar-refractivity contribution in [2.24, 2.45) is 0 Å². The zero-order chi connectivity index (χ0) is 13.0. The van der Waals surface area contributed by atoms with E-state index in [1.165, 1.54) is 12.8 Å². The minimum Gasteiger partial charge on any atom is -0.388 e. The SMILES string of the molecule is Cc1c(Br)cccc1C(O)CCCC1CCCO1. The number of ether oxygens (including phenoxy) is 1. The van der Waals surface area contributed by atoms with Gasteiger partial charge in [0.25, 0.3) is 0 Å². The van der Waals surface area contributed by atoms with Crippen molar-refractivity contribution in [2.75, 3.05) is 6.61 Å². The Hall–Kier alpha value is -0.380. The smallest absolute Gasteiger partial charge is 0.0793 e. The Bertz CT molecular complexity index is 386. The van der Waals surface area contributed by atoms with Gasteiger partial charge >= 0.3 is 0 Å². The quantitative estimate of drug-likeness (QED) is 0.885. The summed E-state index contributed by atoms with van der Waals surface area (Å²) in [4.78, 5) is 0. The molecule has 3 heteroatoms. The molecule has 1 heterocycles. The van der Waals surface area contributed by atoms with E-state index in [-0.39, 0.29) is 6.10 Å². The van der Waals surface area contributed by atoms with Gasteiger partial charge in [-0.25, -0.2) is 0 Å². The van der Waals surface area contributed by atoms with Gasteiger partial charge < -0.3 is 9.84 Å². The highest BCUT2D eigenvalue weighted by Crippen LogP contribution is 2.28. The molecule has 0 amide bonds. The highest BCUT2D eigenvalue weighted by atomic mass is 79.9. The zero-order valence-corrected chi connectivity index (χ0v) is 12.4. The van der Waals surface area contributed by atoms with E-state index < -0.39 is 0 Å². The first kappa shape index (κ1) is 14.0. The number of hydrogen-bond acceptors (Lipinski definition) is 2. The Morgan fingerprint density at radius 3 is 3.06 bits per heavy atom. The predicted molar refractivity (Wildman–Crippen MR) is 76.7 cm³/mol. The fraction of sp³-hybridized carbons (Fsp3) is 0.600. The summed E-state index contributed by atoms with van der Waals surface area (Å²) in [5.41, 5.74) is 2.18. The van der Waals surface area contributed by atoms with Crippen LogP contribution in [-0.2, 0) is 4.74 Å². The predicted octanol–water partition coefficient (Wildman–Crippen LogP) is 4.14. The molecule has 18 heavy (non-hydrogen) atoms. The Kier molecular flexibility index (Phi) is 5.22. The fourth-order valence-corrected chi connectivity index (χ4v) is 2.93. The lowest BCUT2D eigenvalue weighted by Gasteiger charge is -2.16. The van der Waals surface area contributed by atoms with Gasteiger partial charge in [0.1, 0.15) is 0 Å². The van der Waals surface area contributed by atoms with E-state index in [0.29, 0.717) is 6.10 Å². The molecule has 1 saturated heterocycles. The third-order valence-electron chi connectivity index (χ3n) is 3.70. The summed E-state index contributed by atoms with van der Waals surface area (Å²) in [7, 11) is 0. The molecule has 0 aromatic heterocycles. The molecule has 1 fully saturated rings. The van der Waals surface area contributed by atoms with Gasteiger partial charge in [-0.05, 0) is 56.2 Å². The van der Waals surface area contributed by atoms with Crippen LogP contribution in [0.5, 0.6) is 0 Å².